The predicted octanol–water partition coefficient (Wildman–Crippen LogP) is 1.19. The molecule has 0 aliphatic carbocycles. The summed E-state index contributed by atoms with van der Waals surface area (Å²) in [5.41, 5.74) is 1.17. The third-order valence-electron chi connectivity index (χ3n) is 4.53. The highest BCUT2D eigenvalue weighted by Gasteiger charge is 2.41. The van der Waals surface area contributed by atoms with Crippen LogP contribution in [-0.2, 0) is 11.2 Å². The molecule has 2 unspecified atom stereocenters. The summed E-state index contributed by atoms with van der Waals surface area (Å²) in [6.07, 6.45) is 5.64. The number of piperidine rings is 1. The van der Waals surface area contributed by atoms with Crippen LogP contribution in [0.15, 0.2) is 6.33 Å². The monoisotopic (exact) mass is 289 g/mol. The van der Waals surface area contributed by atoms with Crippen molar-refractivity contribution in [1.82, 2.24) is 15.3 Å². The van der Waals surface area contributed by atoms with E-state index in [1.54, 1.807) is 6.33 Å². The zero-order valence-corrected chi connectivity index (χ0v) is 12.7. The number of nitrogens with one attached hydrogen (secondary N) is 2. The molecule has 2 saturated heterocycles. The van der Waals surface area contributed by atoms with Crippen molar-refractivity contribution < 1.29 is 4.79 Å². The molecule has 2 atom stereocenters. The summed E-state index contributed by atoms with van der Waals surface area (Å²) in [4.78, 5) is 23.1. The summed E-state index contributed by atoms with van der Waals surface area (Å²) in [5.74, 6) is 2.22. The Balaban J connectivity index is 1.97. The molecule has 3 heterocycles. The van der Waals surface area contributed by atoms with Gasteiger partial charge in [0.05, 0.1) is 12.0 Å². The molecule has 0 spiro atoms. The van der Waals surface area contributed by atoms with E-state index in [9.17, 15) is 4.79 Å². The minimum absolute atomic E-state index is 0.112. The Labute approximate surface area is 125 Å². The Morgan fingerprint density at radius 3 is 3.10 bits per heavy atom. The fourth-order valence-electron chi connectivity index (χ4n) is 3.56. The third kappa shape index (κ3) is 2.43. The van der Waals surface area contributed by atoms with Gasteiger partial charge in [0.25, 0.3) is 0 Å². The Morgan fingerprint density at radius 1 is 1.48 bits per heavy atom. The molecule has 6 nitrogen and oxygen atoms in total. The van der Waals surface area contributed by atoms with Gasteiger partial charge in [-0.15, -0.1) is 0 Å². The van der Waals surface area contributed by atoms with Crippen LogP contribution >= 0.6 is 0 Å². The van der Waals surface area contributed by atoms with Crippen molar-refractivity contribution in [3.05, 3.63) is 11.9 Å². The second-order valence-corrected chi connectivity index (χ2v) is 5.78. The molecular weight excluding hydrogens is 266 g/mol. The van der Waals surface area contributed by atoms with Crippen molar-refractivity contribution in [3.8, 4) is 0 Å². The molecular formula is C15H23N5O. The van der Waals surface area contributed by atoms with Gasteiger partial charge >= 0.3 is 0 Å². The summed E-state index contributed by atoms with van der Waals surface area (Å²) in [7, 11) is 1.89. The number of rotatable bonds is 4. The summed E-state index contributed by atoms with van der Waals surface area (Å²) in [6.45, 7) is 3.86. The largest absolute Gasteiger partial charge is 0.373 e. The number of hydrogen-bond donors (Lipinski definition) is 2. The summed E-state index contributed by atoms with van der Waals surface area (Å²) in [6, 6.07) is 0.237. The summed E-state index contributed by atoms with van der Waals surface area (Å²) >= 11 is 0. The molecule has 114 valence electrons. The zero-order valence-electron chi connectivity index (χ0n) is 12.7. The van der Waals surface area contributed by atoms with Crippen LogP contribution in [0.5, 0.6) is 0 Å². The number of nitrogens with zero attached hydrogens (tertiary/aromatic N) is 3. The van der Waals surface area contributed by atoms with E-state index in [-0.39, 0.29) is 17.9 Å². The molecule has 1 aromatic heterocycles. The average Bonchev–Trinajstić information content (AvgIpc) is 2.89. The number of carbonyl (C=O) groups excluding carboxylic acids is 1. The van der Waals surface area contributed by atoms with Gasteiger partial charge in [0.1, 0.15) is 18.0 Å². The smallest absolute Gasteiger partial charge is 0.225 e. The SMILES string of the molecule is CCCc1c(NC)ncnc1N1CCCC2C(=O)NCC21. The minimum atomic E-state index is 0.112. The highest BCUT2D eigenvalue weighted by Crippen LogP contribution is 2.34. The molecule has 6 heteroatoms. The molecule has 1 aromatic rings. The van der Waals surface area contributed by atoms with Crippen molar-refractivity contribution in [2.45, 2.75) is 38.6 Å². The molecule has 0 radical (unpaired) electrons. The lowest BCUT2D eigenvalue weighted by Gasteiger charge is -2.38. The molecule has 0 aromatic carbocycles. The quantitative estimate of drug-likeness (QED) is 0.871. The second kappa shape index (κ2) is 5.87. The first kappa shape index (κ1) is 14.1. The van der Waals surface area contributed by atoms with E-state index in [0.717, 1.165) is 50.4 Å². The number of fused-ring (bicyclic) bond motifs is 1. The molecule has 0 bridgehead atoms. The number of amides is 1. The summed E-state index contributed by atoms with van der Waals surface area (Å²) < 4.78 is 0. The Kier molecular flexibility index (Phi) is 3.94. The molecule has 2 fully saturated rings. The van der Waals surface area contributed by atoms with Gasteiger partial charge in [-0.1, -0.05) is 13.3 Å². The van der Waals surface area contributed by atoms with Gasteiger partial charge in [0.15, 0.2) is 0 Å². The number of aromatic nitrogens is 2. The van der Waals surface area contributed by atoms with E-state index in [4.69, 9.17) is 0 Å². The Hall–Kier alpha value is -1.85. The Bertz CT molecular complexity index is 533. The van der Waals surface area contributed by atoms with Gasteiger partial charge in [0, 0.05) is 25.7 Å². The molecule has 21 heavy (non-hydrogen) atoms. The van der Waals surface area contributed by atoms with E-state index >= 15 is 0 Å². The maximum absolute atomic E-state index is 11.9. The second-order valence-electron chi connectivity index (χ2n) is 5.78. The van der Waals surface area contributed by atoms with Crippen molar-refractivity contribution in [2.75, 3.05) is 30.4 Å². The van der Waals surface area contributed by atoms with Gasteiger partial charge in [-0.05, 0) is 19.3 Å². The minimum Gasteiger partial charge on any atom is -0.373 e. The van der Waals surface area contributed by atoms with E-state index < -0.39 is 0 Å². The lowest BCUT2D eigenvalue weighted by molar-refractivity contribution is -0.122. The Morgan fingerprint density at radius 2 is 2.33 bits per heavy atom. The van der Waals surface area contributed by atoms with E-state index in [0.29, 0.717) is 0 Å². The lowest BCUT2D eigenvalue weighted by Crippen LogP contribution is -2.46. The van der Waals surface area contributed by atoms with Crippen LogP contribution in [0.25, 0.3) is 0 Å². The van der Waals surface area contributed by atoms with Crippen LogP contribution in [0.4, 0.5) is 11.6 Å². The van der Waals surface area contributed by atoms with E-state index in [1.165, 1.54) is 5.56 Å². The fourth-order valence-corrected chi connectivity index (χ4v) is 3.56. The van der Waals surface area contributed by atoms with Gasteiger partial charge in [0.2, 0.25) is 5.91 Å². The predicted molar refractivity (Wildman–Crippen MR) is 82.4 cm³/mol. The van der Waals surface area contributed by atoms with Crippen molar-refractivity contribution in [3.63, 3.8) is 0 Å². The first-order valence-corrected chi connectivity index (χ1v) is 7.82. The molecule has 2 aliphatic rings. The molecule has 2 aliphatic heterocycles. The molecule has 1 amide bonds. The standard InChI is InChI=1S/C15H23N5O/c1-3-5-11-13(16-2)18-9-19-14(11)20-7-4-6-10-12(20)8-17-15(10)21/h9-10,12H,3-8H2,1-2H3,(H,17,21)(H,16,18,19). The van der Waals surface area contributed by atoms with Crippen LogP contribution in [-0.4, -0.2) is 42.1 Å². The molecule has 0 saturated carbocycles. The van der Waals surface area contributed by atoms with Gasteiger partial charge in [-0.3, -0.25) is 4.79 Å². The topological polar surface area (TPSA) is 70.2 Å². The average molecular weight is 289 g/mol. The zero-order chi connectivity index (χ0) is 14.8. The number of hydrogen-bond acceptors (Lipinski definition) is 5. The van der Waals surface area contributed by atoms with Crippen LogP contribution in [0.2, 0.25) is 0 Å². The van der Waals surface area contributed by atoms with Crippen LogP contribution in [0.1, 0.15) is 31.7 Å². The van der Waals surface area contributed by atoms with Crippen LogP contribution in [0.3, 0.4) is 0 Å². The summed E-state index contributed by atoms with van der Waals surface area (Å²) in [5, 5.41) is 6.17. The highest BCUT2D eigenvalue weighted by atomic mass is 16.2. The van der Waals surface area contributed by atoms with Gasteiger partial charge < -0.3 is 15.5 Å². The number of anilines is 2. The normalized spacial score (nSPS) is 24.7. The first-order chi connectivity index (χ1) is 10.3. The van der Waals surface area contributed by atoms with Crippen molar-refractivity contribution in [2.24, 2.45) is 5.92 Å². The van der Waals surface area contributed by atoms with Crippen LogP contribution < -0.4 is 15.5 Å². The fraction of sp³-hybridized carbons (Fsp3) is 0.667. The van der Waals surface area contributed by atoms with E-state index in [2.05, 4.69) is 32.4 Å². The maximum Gasteiger partial charge on any atom is 0.225 e. The highest BCUT2D eigenvalue weighted by molar-refractivity contribution is 5.83. The van der Waals surface area contributed by atoms with Crippen molar-refractivity contribution >= 4 is 17.5 Å². The molecule has 2 N–H and O–H groups in total. The number of carbonyl (C=O) groups is 1. The van der Waals surface area contributed by atoms with Gasteiger partial charge in [-0.2, -0.15) is 0 Å². The first-order valence-electron chi connectivity index (χ1n) is 7.82. The van der Waals surface area contributed by atoms with Crippen LogP contribution in [0, 0.1) is 5.92 Å². The molecule has 3 rings (SSSR count). The van der Waals surface area contributed by atoms with Crippen molar-refractivity contribution in [1.29, 1.82) is 0 Å². The van der Waals surface area contributed by atoms with E-state index in [1.807, 2.05) is 7.05 Å². The van der Waals surface area contributed by atoms with Gasteiger partial charge in [-0.25, -0.2) is 9.97 Å². The lowest BCUT2D eigenvalue weighted by atomic mass is 9.91. The third-order valence-corrected chi connectivity index (χ3v) is 4.53. The maximum atomic E-state index is 11.9.